The van der Waals surface area contributed by atoms with Gasteiger partial charge in [0.15, 0.2) is 0 Å². The van der Waals surface area contributed by atoms with Crippen molar-refractivity contribution < 1.29 is 4.79 Å². The number of rotatable bonds is 4. The van der Waals surface area contributed by atoms with Gasteiger partial charge >= 0.3 is 0 Å². The van der Waals surface area contributed by atoms with E-state index in [1.165, 1.54) is 50.6 Å². The van der Waals surface area contributed by atoms with Crippen molar-refractivity contribution in [2.45, 2.75) is 51.4 Å². The molecule has 5 aliphatic rings. The Kier molecular flexibility index (Phi) is 3.80. The third-order valence-electron chi connectivity index (χ3n) is 6.67. The Morgan fingerprint density at radius 1 is 1.23 bits per heavy atom. The van der Waals surface area contributed by atoms with E-state index in [1.54, 1.807) is 0 Å². The first-order valence-corrected chi connectivity index (χ1v) is 9.28. The molecule has 3 nitrogen and oxygen atoms in total. The van der Waals surface area contributed by atoms with Crippen LogP contribution in [0, 0.1) is 23.2 Å². The molecule has 122 valence electrons. The molecule has 1 amide bonds. The topological polar surface area (TPSA) is 32.3 Å². The number of nitrogens with one attached hydrogen (secondary N) is 1. The third kappa shape index (κ3) is 2.73. The summed E-state index contributed by atoms with van der Waals surface area (Å²) in [5, 5.41) is 3.30. The van der Waals surface area contributed by atoms with Crippen LogP contribution in [0.15, 0.2) is 11.6 Å². The largest absolute Gasteiger partial charge is 0.355 e. The van der Waals surface area contributed by atoms with Crippen LogP contribution < -0.4 is 5.32 Å². The average molecular weight is 302 g/mol. The lowest BCUT2D eigenvalue weighted by molar-refractivity contribution is -0.146. The maximum absolute atomic E-state index is 12.9. The number of hydrogen-bond acceptors (Lipinski definition) is 2. The highest BCUT2D eigenvalue weighted by atomic mass is 16.2. The number of nitrogens with zero attached hydrogens (tertiary/aromatic N) is 1. The van der Waals surface area contributed by atoms with E-state index in [1.807, 2.05) is 0 Å². The fourth-order valence-corrected chi connectivity index (χ4v) is 6.07. The number of amides is 1. The summed E-state index contributed by atoms with van der Waals surface area (Å²) in [6.07, 6.45) is 12.3. The van der Waals surface area contributed by atoms with Crippen molar-refractivity contribution in [2.75, 3.05) is 26.7 Å². The van der Waals surface area contributed by atoms with E-state index >= 15 is 0 Å². The third-order valence-corrected chi connectivity index (χ3v) is 6.67. The second-order valence-electron chi connectivity index (χ2n) is 8.59. The Morgan fingerprint density at radius 3 is 2.45 bits per heavy atom. The summed E-state index contributed by atoms with van der Waals surface area (Å²) >= 11 is 0. The summed E-state index contributed by atoms with van der Waals surface area (Å²) in [5.74, 6) is 2.95. The van der Waals surface area contributed by atoms with Crippen molar-refractivity contribution in [1.82, 2.24) is 10.2 Å². The van der Waals surface area contributed by atoms with Gasteiger partial charge in [-0.15, -0.1) is 0 Å². The van der Waals surface area contributed by atoms with Gasteiger partial charge in [0.05, 0.1) is 0 Å². The molecular formula is C19H30N2O. The minimum absolute atomic E-state index is 0.0203. The minimum atomic E-state index is 0.0203. The van der Waals surface area contributed by atoms with Gasteiger partial charge in [0, 0.05) is 25.0 Å². The minimum Gasteiger partial charge on any atom is -0.355 e. The zero-order chi connectivity index (χ0) is 15.2. The molecular weight excluding hydrogens is 272 g/mol. The molecule has 0 aromatic rings. The summed E-state index contributed by atoms with van der Waals surface area (Å²) in [7, 11) is 2.18. The normalized spacial score (nSPS) is 40.6. The van der Waals surface area contributed by atoms with Gasteiger partial charge < -0.3 is 10.2 Å². The molecule has 1 aliphatic heterocycles. The quantitative estimate of drug-likeness (QED) is 0.810. The van der Waals surface area contributed by atoms with Crippen molar-refractivity contribution in [2.24, 2.45) is 23.2 Å². The van der Waals surface area contributed by atoms with Crippen LogP contribution in [0.1, 0.15) is 51.4 Å². The van der Waals surface area contributed by atoms with Gasteiger partial charge in [-0.2, -0.15) is 0 Å². The Hall–Kier alpha value is -0.830. The first-order chi connectivity index (χ1) is 10.6. The van der Waals surface area contributed by atoms with Crippen molar-refractivity contribution in [3.8, 4) is 0 Å². The molecule has 1 N–H and O–H groups in total. The molecule has 22 heavy (non-hydrogen) atoms. The molecule has 0 atom stereocenters. The van der Waals surface area contributed by atoms with Crippen LogP contribution in [-0.4, -0.2) is 37.5 Å². The van der Waals surface area contributed by atoms with E-state index in [2.05, 4.69) is 23.3 Å². The first kappa shape index (κ1) is 14.7. The number of carbonyl (C=O) groups is 1. The fraction of sp³-hybridized carbons (Fsp3) is 0.842. The second kappa shape index (κ2) is 5.67. The van der Waals surface area contributed by atoms with Crippen LogP contribution in [0.5, 0.6) is 0 Å². The van der Waals surface area contributed by atoms with Crippen molar-refractivity contribution in [3.63, 3.8) is 0 Å². The smallest absolute Gasteiger partial charge is 0.226 e. The molecule has 0 radical (unpaired) electrons. The van der Waals surface area contributed by atoms with Gasteiger partial charge in [-0.05, 0) is 76.2 Å². The van der Waals surface area contributed by atoms with E-state index in [0.717, 1.165) is 43.7 Å². The molecule has 0 unspecified atom stereocenters. The lowest BCUT2D eigenvalue weighted by Crippen LogP contribution is -2.53. The highest BCUT2D eigenvalue weighted by molar-refractivity contribution is 5.83. The molecule has 0 aromatic carbocycles. The summed E-state index contributed by atoms with van der Waals surface area (Å²) in [6.45, 7) is 3.08. The monoisotopic (exact) mass is 302 g/mol. The summed E-state index contributed by atoms with van der Waals surface area (Å²) in [6, 6.07) is 0. The SMILES string of the molecule is CN1CCC=C(CCNC(=O)C23CC4CC(CC(C4)C2)C3)C1. The number of likely N-dealkylation sites (N-methyl/N-ethyl adjacent to an activating group) is 1. The van der Waals surface area contributed by atoms with E-state index in [4.69, 9.17) is 0 Å². The van der Waals surface area contributed by atoms with Crippen LogP contribution in [0.3, 0.4) is 0 Å². The molecule has 4 saturated carbocycles. The summed E-state index contributed by atoms with van der Waals surface area (Å²) < 4.78 is 0. The summed E-state index contributed by atoms with van der Waals surface area (Å²) in [5.41, 5.74) is 1.52. The molecule has 3 heteroatoms. The fourth-order valence-electron chi connectivity index (χ4n) is 6.07. The molecule has 0 aromatic heterocycles. The number of carbonyl (C=O) groups excluding carboxylic acids is 1. The molecule has 4 bridgehead atoms. The van der Waals surface area contributed by atoms with Gasteiger partial charge in [-0.25, -0.2) is 0 Å². The molecule has 4 aliphatic carbocycles. The predicted octanol–water partition coefficient (Wildman–Crippen LogP) is 2.97. The van der Waals surface area contributed by atoms with E-state index in [0.29, 0.717) is 5.91 Å². The molecule has 1 heterocycles. The molecule has 0 saturated heterocycles. The van der Waals surface area contributed by atoms with Crippen molar-refractivity contribution >= 4 is 5.91 Å². The van der Waals surface area contributed by atoms with Crippen LogP contribution in [0.25, 0.3) is 0 Å². The highest BCUT2D eigenvalue weighted by Gasteiger charge is 2.54. The van der Waals surface area contributed by atoms with E-state index in [-0.39, 0.29) is 5.41 Å². The lowest BCUT2D eigenvalue weighted by Gasteiger charge is -2.55. The predicted molar refractivity (Wildman–Crippen MR) is 88.4 cm³/mol. The maximum atomic E-state index is 12.9. The van der Waals surface area contributed by atoms with Crippen LogP contribution in [-0.2, 0) is 4.79 Å². The van der Waals surface area contributed by atoms with Gasteiger partial charge in [-0.3, -0.25) is 4.79 Å². The number of hydrogen-bond donors (Lipinski definition) is 1. The lowest BCUT2D eigenvalue weighted by atomic mass is 9.49. The molecule has 5 rings (SSSR count). The maximum Gasteiger partial charge on any atom is 0.226 e. The van der Waals surface area contributed by atoms with Crippen LogP contribution in [0.2, 0.25) is 0 Å². The molecule has 0 spiro atoms. The first-order valence-electron chi connectivity index (χ1n) is 9.28. The summed E-state index contributed by atoms with van der Waals surface area (Å²) in [4.78, 5) is 15.2. The standard InChI is InChI=1S/C19H30N2O/c1-21-6-2-3-14(13-21)4-5-20-18(22)19-10-15-7-16(11-19)9-17(8-15)12-19/h3,15-17H,2,4-13H2,1H3,(H,20,22). The van der Waals surface area contributed by atoms with E-state index in [9.17, 15) is 4.79 Å². The average Bonchev–Trinajstić information content (AvgIpc) is 2.46. The zero-order valence-electron chi connectivity index (χ0n) is 13.9. The Bertz CT molecular complexity index is 447. The van der Waals surface area contributed by atoms with Gasteiger partial charge in [0.1, 0.15) is 0 Å². The van der Waals surface area contributed by atoms with Crippen LogP contribution >= 0.6 is 0 Å². The highest BCUT2D eigenvalue weighted by Crippen LogP contribution is 2.60. The van der Waals surface area contributed by atoms with E-state index < -0.39 is 0 Å². The van der Waals surface area contributed by atoms with Gasteiger partial charge in [0.2, 0.25) is 5.91 Å². The Morgan fingerprint density at radius 2 is 1.86 bits per heavy atom. The van der Waals surface area contributed by atoms with Gasteiger partial charge in [0.25, 0.3) is 0 Å². The Balaban J connectivity index is 1.32. The Labute approximate surface area is 134 Å². The van der Waals surface area contributed by atoms with Crippen molar-refractivity contribution in [3.05, 3.63) is 11.6 Å². The van der Waals surface area contributed by atoms with Gasteiger partial charge in [-0.1, -0.05) is 11.6 Å². The molecule has 4 fully saturated rings. The van der Waals surface area contributed by atoms with Crippen molar-refractivity contribution in [1.29, 1.82) is 0 Å². The second-order valence-corrected chi connectivity index (χ2v) is 8.59. The zero-order valence-corrected chi connectivity index (χ0v) is 13.9. The van der Waals surface area contributed by atoms with Crippen LogP contribution in [0.4, 0.5) is 0 Å².